The van der Waals surface area contributed by atoms with Crippen LogP contribution in [0.2, 0.25) is 0 Å². The second-order valence-corrected chi connectivity index (χ2v) is 7.87. The number of carbonyl (C=O) groups is 1. The van der Waals surface area contributed by atoms with Gasteiger partial charge in [-0.25, -0.2) is 4.98 Å². The van der Waals surface area contributed by atoms with Crippen LogP contribution < -0.4 is 15.0 Å². The Morgan fingerprint density at radius 1 is 1.10 bits per heavy atom. The maximum Gasteiger partial charge on any atom is 0.262 e. The molecule has 3 aromatic rings. The molecule has 0 saturated carbocycles. The lowest BCUT2D eigenvalue weighted by Gasteiger charge is -2.31. The molecule has 1 fully saturated rings. The largest absolute Gasteiger partial charge is 0.481 e. The van der Waals surface area contributed by atoms with Gasteiger partial charge in [-0.2, -0.15) is 0 Å². The molecule has 0 aliphatic carbocycles. The number of carbonyl (C=O) groups excluding carboxylic acids is 1. The van der Waals surface area contributed by atoms with E-state index in [1.807, 2.05) is 49.4 Å². The van der Waals surface area contributed by atoms with Gasteiger partial charge in [-0.1, -0.05) is 36.8 Å². The highest BCUT2D eigenvalue weighted by molar-refractivity contribution is 5.92. The summed E-state index contributed by atoms with van der Waals surface area (Å²) in [5, 5.41) is 3.87. The van der Waals surface area contributed by atoms with E-state index in [1.165, 1.54) is 12.8 Å². The van der Waals surface area contributed by atoms with Gasteiger partial charge >= 0.3 is 0 Å². The van der Waals surface area contributed by atoms with Crippen molar-refractivity contribution in [1.29, 1.82) is 0 Å². The lowest BCUT2D eigenvalue weighted by molar-refractivity contribution is -0.118. The van der Waals surface area contributed by atoms with E-state index in [0.717, 1.165) is 47.0 Å². The van der Waals surface area contributed by atoms with Crippen molar-refractivity contribution in [2.45, 2.75) is 26.7 Å². The molecule has 0 atom stereocenters. The summed E-state index contributed by atoms with van der Waals surface area (Å²) < 4.78 is 5.84. The summed E-state index contributed by atoms with van der Waals surface area (Å²) in [7, 11) is 0. The van der Waals surface area contributed by atoms with Crippen molar-refractivity contribution >= 4 is 28.3 Å². The Morgan fingerprint density at radius 2 is 1.86 bits per heavy atom. The van der Waals surface area contributed by atoms with E-state index in [0.29, 0.717) is 5.75 Å². The molecule has 1 saturated heterocycles. The number of amides is 1. The minimum absolute atomic E-state index is 0.0554. The van der Waals surface area contributed by atoms with Crippen molar-refractivity contribution in [2.75, 3.05) is 29.9 Å². The maximum absolute atomic E-state index is 12.3. The Bertz CT molecular complexity index is 993. The van der Waals surface area contributed by atoms with Gasteiger partial charge in [0.2, 0.25) is 0 Å². The quantitative estimate of drug-likeness (QED) is 0.681. The van der Waals surface area contributed by atoms with Gasteiger partial charge in [0.1, 0.15) is 17.1 Å². The molecule has 0 radical (unpaired) electrons. The first-order chi connectivity index (χ1) is 14.1. The molecule has 1 aromatic heterocycles. The van der Waals surface area contributed by atoms with Crippen molar-refractivity contribution < 1.29 is 9.53 Å². The number of piperidine rings is 1. The number of nitrogens with zero attached hydrogens (tertiary/aromatic N) is 2. The summed E-state index contributed by atoms with van der Waals surface area (Å²) in [6.45, 7) is 6.32. The molecule has 1 N–H and O–H groups in total. The first-order valence-corrected chi connectivity index (χ1v) is 10.2. The van der Waals surface area contributed by atoms with Crippen molar-refractivity contribution in [3.8, 4) is 5.75 Å². The molecule has 0 bridgehead atoms. The molecule has 2 aromatic carbocycles. The second-order valence-electron chi connectivity index (χ2n) is 7.87. The molecule has 5 heteroatoms. The summed E-state index contributed by atoms with van der Waals surface area (Å²) in [5.41, 5.74) is 2.72. The van der Waals surface area contributed by atoms with E-state index >= 15 is 0 Å². The van der Waals surface area contributed by atoms with Crippen LogP contribution in [0, 0.1) is 12.8 Å². The average molecular weight is 389 g/mol. The van der Waals surface area contributed by atoms with Crippen molar-refractivity contribution in [3.63, 3.8) is 0 Å². The molecule has 5 nitrogen and oxygen atoms in total. The third kappa shape index (κ3) is 4.67. The maximum atomic E-state index is 12.3. The normalized spacial score (nSPS) is 14.8. The zero-order valence-electron chi connectivity index (χ0n) is 17.0. The third-order valence-corrected chi connectivity index (χ3v) is 5.47. The van der Waals surface area contributed by atoms with Crippen molar-refractivity contribution in [1.82, 2.24) is 4.98 Å². The highest BCUT2D eigenvalue weighted by atomic mass is 16.5. The van der Waals surface area contributed by atoms with Crippen LogP contribution in [0.5, 0.6) is 5.75 Å². The van der Waals surface area contributed by atoms with E-state index in [4.69, 9.17) is 9.72 Å². The summed E-state index contributed by atoms with van der Waals surface area (Å²) in [5.74, 6) is 2.20. The van der Waals surface area contributed by atoms with Gasteiger partial charge in [0, 0.05) is 24.2 Å². The van der Waals surface area contributed by atoms with Gasteiger partial charge in [0.15, 0.2) is 6.61 Å². The summed E-state index contributed by atoms with van der Waals surface area (Å²) in [4.78, 5) is 19.5. The fourth-order valence-corrected chi connectivity index (χ4v) is 3.62. The predicted octanol–water partition coefficient (Wildman–Crippen LogP) is 4.80. The lowest BCUT2D eigenvalue weighted by Crippen LogP contribution is -2.33. The van der Waals surface area contributed by atoms with Gasteiger partial charge in [-0.15, -0.1) is 0 Å². The Kier molecular flexibility index (Phi) is 5.65. The van der Waals surface area contributed by atoms with Gasteiger partial charge < -0.3 is 15.0 Å². The highest BCUT2D eigenvalue weighted by Gasteiger charge is 2.18. The van der Waals surface area contributed by atoms with Crippen molar-refractivity contribution in [3.05, 3.63) is 60.2 Å². The molecule has 29 heavy (non-hydrogen) atoms. The van der Waals surface area contributed by atoms with E-state index in [2.05, 4.69) is 29.3 Å². The zero-order chi connectivity index (χ0) is 20.2. The van der Waals surface area contributed by atoms with E-state index in [1.54, 1.807) is 0 Å². The van der Waals surface area contributed by atoms with Crippen LogP contribution in [0.4, 0.5) is 11.5 Å². The molecule has 4 rings (SSSR count). The monoisotopic (exact) mass is 389 g/mol. The number of rotatable bonds is 5. The number of aromatic nitrogens is 1. The van der Waals surface area contributed by atoms with Crippen LogP contribution >= 0.6 is 0 Å². The molecular formula is C24H27N3O2. The lowest BCUT2D eigenvalue weighted by atomic mass is 9.99. The number of anilines is 2. The minimum Gasteiger partial charge on any atom is -0.481 e. The van der Waals surface area contributed by atoms with Gasteiger partial charge in [-0.05, 0) is 56.0 Å². The number of fused-ring (bicyclic) bond motifs is 1. The van der Waals surface area contributed by atoms with Gasteiger partial charge in [0.05, 0.1) is 0 Å². The topological polar surface area (TPSA) is 54.5 Å². The van der Waals surface area contributed by atoms with E-state index in [9.17, 15) is 4.79 Å². The Hall–Kier alpha value is -3.08. The fourth-order valence-electron chi connectivity index (χ4n) is 3.62. The van der Waals surface area contributed by atoms with Crippen LogP contribution in [0.3, 0.4) is 0 Å². The first-order valence-electron chi connectivity index (χ1n) is 10.2. The number of aryl methyl sites for hydroxylation is 1. The number of hydrogen-bond donors (Lipinski definition) is 1. The molecule has 0 spiro atoms. The zero-order valence-corrected chi connectivity index (χ0v) is 17.0. The highest BCUT2D eigenvalue weighted by Crippen LogP contribution is 2.28. The standard InChI is InChI=1S/C24H27N3O2/c1-17-6-9-20(10-7-17)25-23(28)16-29-21-5-3-4-19-8-11-22(26-24(19)21)27-14-12-18(2)13-15-27/h3-11,18H,12-16H2,1-2H3,(H,25,28). The summed E-state index contributed by atoms with van der Waals surface area (Å²) in [6.07, 6.45) is 2.38. The number of benzene rings is 2. The van der Waals surface area contributed by atoms with Crippen LogP contribution in [0.25, 0.3) is 10.9 Å². The molecule has 150 valence electrons. The van der Waals surface area contributed by atoms with Crippen molar-refractivity contribution in [2.24, 2.45) is 5.92 Å². The Balaban J connectivity index is 1.47. The minimum atomic E-state index is -0.188. The number of para-hydroxylation sites is 1. The average Bonchev–Trinajstić information content (AvgIpc) is 2.74. The van der Waals surface area contributed by atoms with Crippen LogP contribution in [-0.2, 0) is 4.79 Å². The second kappa shape index (κ2) is 8.52. The number of nitrogens with one attached hydrogen (secondary N) is 1. The third-order valence-electron chi connectivity index (χ3n) is 5.47. The molecule has 2 heterocycles. The molecule has 1 amide bonds. The SMILES string of the molecule is Cc1ccc(NC(=O)COc2cccc3ccc(N4CCC(C)CC4)nc23)cc1. The van der Waals surface area contributed by atoms with Crippen LogP contribution in [0.1, 0.15) is 25.3 Å². The predicted molar refractivity (Wildman–Crippen MR) is 118 cm³/mol. The molecular weight excluding hydrogens is 362 g/mol. The smallest absolute Gasteiger partial charge is 0.262 e. The van der Waals surface area contributed by atoms with Gasteiger partial charge in [0.25, 0.3) is 5.91 Å². The molecule has 0 unspecified atom stereocenters. The Labute approximate surface area is 171 Å². The number of ether oxygens (including phenoxy) is 1. The number of pyridine rings is 1. The molecule has 1 aliphatic rings. The van der Waals surface area contributed by atoms with Gasteiger partial charge in [-0.3, -0.25) is 4.79 Å². The van der Waals surface area contributed by atoms with Crippen LogP contribution in [0.15, 0.2) is 54.6 Å². The fraction of sp³-hybridized carbons (Fsp3) is 0.333. The summed E-state index contributed by atoms with van der Waals surface area (Å²) >= 11 is 0. The first kappa shape index (κ1) is 19.2. The van der Waals surface area contributed by atoms with E-state index < -0.39 is 0 Å². The number of hydrogen-bond acceptors (Lipinski definition) is 4. The van der Waals surface area contributed by atoms with Crippen LogP contribution in [-0.4, -0.2) is 30.6 Å². The summed E-state index contributed by atoms with van der Waals surface area (Å²) in [6, 6.07) is 17.7. The van der Waals surface area contributed by atoms with E-state index in [-0.39, 0.29) is 12.5 Å². The Morgan fingerprint density at radius 3 is 2.62 bits per heavy atom. The molecule has 1 aliphatic heterocycles.